The summed E-state index contributed by atoms with van der Waals surface area (Å²) in [6.07, 6.45) is 7.16. The van der Waals surface area contributed by atoms with Crippen molar-refractivity contribution in [2.24, 2.45) is 47.3 Å². The Bertz CT molecular complexity index is 4180. The highest BCUT2D eigenvalue weighted by atomic mass is 32.1. The van der Waals surface area contributed by atoms with E-state index >= 15 is 9.59 Å². The molecule has 2 fully saturated rings. The highest BCUT2D eigenvalue weighted by molar-refractivity contribution is 7.10. The quantitative estimate of drug-likeness (QED) is 0.0222. The van der Waals surface area contributed by atoms with Crippen molar-refractivity contribution in [3.63, 3.8) is 0 Å². The summed E-state index contributed by atoms with van der Waals surface area (Å²) in [7, 11) is 5.55. The molecule has 6 aromatic rings. The zero-order valence-corrected chi connectivity index (χ0v) is 72.7. The van der Waals surface area contributed by atoms with Crippen LogP contribution >= 0.6 is 22.7 Å². The molecule has 2 aliphatic rings. The number of ether oxygens (including phenoxy) is 3. The molecule has 0 radical (unpaired) electrons. The van der Waals surface area contributed by atoms with Gasteiger partial charge in [-0.1, -0.05) is 180 Å². The van der Waals surface area contributed by atoms with Gasteiger partial charge in [-0.25, -0.2) is 9.97 Å². The molecule has 24 nitrogen and oxygen atoms in total. The lowest BCUT2D eigenvalue weighted by atomic mass is 9.82. The Balaban J connectivity index is 0.000000323. The molecule has 2 saturated heterocycles. The number of nitrogens with zero attached hydrogens (tertiary/aromatic N) is 6. The van der Waals surface area contributed by atoms with Crippen LogP contribution < -0.4 is 15.4 Å². The SMILES string of the molecule is CCC(C)C(CC(=O)C1CCCCN1C)C(=O)N(Cc1ccccc1)[C@H](C[C@@H](OC(C)=O)c1nc(C(=O)N[C@@H](Cc2ccc(O)cc2)C[C@H](C)C(=O)O)cs1)C(C)C.CCC(C)C(CC(=O)C1CCCCN1C)C(=O)N(Cc1ccccc1)[C@H](C[C@@H](OC(C)=O)c1nc(C(=O)N[C@@H](Cc2ccc(OC)cc2)C[C@H](C)C(=O)O)cs1)C(C)C. The van der Waals surface area contributed by atoms with Gasteiger partial charge in [-0.2, -0.15) is 0 Å². The Morgan fingerprint density at radius 1 is 0.513 bits per heavy atom. The molecule has 0 spiro atoms. The van der Waals surface area contributed by atoms with E-state index in [0.29, 0.717) is 41.7 Å². The summed E-state index contributed by atoms with van der Waals surface area (Å²) in [5.41, 5.74) is 3.79. The number of rotatable bonds is 43. The van der Waals surface area contributed by atoms with E-state index in [-0.39, 0.29) is 115 Å². The zero-order valence-electron chi connectivity index (χ0n) is 71.1. The lowest BCUT2D eigenvalue weighted by Gasteiger charge is -2.40. The number of phenolic OH excluding ortho intramolecular Hbond substituents is 1. The first-order valence-electron chi connectivity index (χ1n) is 41.6. The van der Waals surface area contributed by atoms with Gasteiger partial charge in [0.1, 0.15) is 32.9 Å². The number of ketones is 2. The molecule has 0 bridgehead atoms. The molecule has 5 N–H and O–H groups in total. The van der Waals surface area contributed by atoms with Crippen molar-refractivity contribution in [2.75, 3.05) is 34.3 Å². The average Bonchev–Trinajstić information content (AvgIpc) is 1.80. The van der Waals surface area contributed by atoms with Gasteiger partial charge in [0.15, 0.2) is 23.8 Å². The largest absolute Gasteiger partial charge is 0.508 e. The second kappa shape index (κ2) is 46.8. The fourth-order valence-corrected chi connectivity index (χ4v) is 17.4. The lowest BCUT2D eigenvalue weighted by Crippen LogP contribution is -2.49. The van der Waals surface area contributed by atoms with Crippen LogP contribution in [-0.2, 0) is 73.8 Å². The highest BCUT2D eigenvalue weighted by Gasteiger charge is 2.42. The first-order chi connectivity index (χ1) is 55.7. The van der Waals surface area contributed by atoms with Crippen LogP contribution in [0.5, 0.6) is 11.5 Å². The van der Waals surface area contributed by atoms with Crippen LogP contribution in [-0.4, -0.2) is 175 Å². The van der Waals surface area contributed by atoms with Gasteiger partial charge in [-0.05, 0) is 149 Å². The van der Waals surface area contributed by atoms with Gasteiger partial charge in [0.25, 0.3) is 11.8 Å². The topological polar surface area (TPSA) is 322 Å². The number of likely N-dealkylation sites (N-methyl/N-ethyl adjacent to an activating group) is 2. The second-order valence-corrected chi connectivity index (χ2v) is 34.6. The molecule has 4 amide bonds. The number of carboxylic acid groups (broad SMARTS) is 2. The number of methoxy groups -OCH3 is 1. The van der Waals surface area contributed by atoms with E-state index < -0.39 is 95.7 Å². The van der Waals surface area contributed by atoms with E-state index in [2.05, 4.69) is 30.4 Å². The molecule has 2 aromatic heterocycles. The number of aliphatic carboxylic acids is 2. The summed E-state index contributed by atoms with van der Waals surface area (Å²) in [4.78, 5) is 151. The van der Waals surface area contributed by atoms with Crippen molar-refractivity contribution >= 4 is 81.7 Å². The van der Waals surface area contributed by atoms with Crippen LogP contribution in [0.15, 0.2) is 120 Å². The van der Waals surface area contributed by atoms with Gasteiger partial charge >= 0.3 is 23.9 Å². The van der Waals surface area contributed by atoms with Gasteiger partial charge in [0.05, 0.1) is 31.0 Å². The number of carboxylic acids is 2. The van der Waals surface area contributed by atoms with E-state index in [1.165, 1.54) is 48.7 Å². The number of carbonyl (C=O) groups excluding carboxylic acids is 8. The number of carbonyl (C=O) groups is 10. The predicted molar refractivity (Wildman–Crippen MR) is 453 cm³/mol. The molecule has 8 rings (SSSR count). The van der Waals surface area contributed by atoms with Crippen molar-refractivity contribution in [3.05, 3.63) is 164 Å². The Kier molecular flexibility index (Phi) is 38.0. The first kappa shape index (κ1) is 94.9. The van der Waals surface area contributed by atoms with Crippen LogP contribution in [0.4, 0.5) is 0 Å². The third kappa shape index (κ3) is 29.1. The number of Topliss-reactive ketones (excluding diaryl/α,β-unsaturated/α-hetero) is 2. The van der Waals surface area contributed by atoms with Crippen LogP contribution in [0.1, 0.15) is 238 Å². The standard InChI is InChI=1S/C46H64N4O8S.C45H62N4O8S/c1-9-30(4)37(25-41(52)39-17-13-14-22-49(39)7)45(54)50(27-34-15-11-10-12-16-34)40(29(2)3)26-42(58-32(6)51)44-48-38(28-59-44)43(53)47-35(23-31(5)46(55)56)24-33-18-20-36(57-8)21-19-33;1-8-29(4)36(24-40(52)38-16-12-13-21-48(38)7)44(54)49(26-33-14-10-9-11-15-33)39(28(2)3)25-41(57-31(6)50)43-47-37(27-58-43)42(53)46-34(22-30(5)45(55)56)23-32-17-19-35(51)20-18-32/h10-12,15-16,18-21,28-31,35,37,39-40,42H,9,13-14,17,22-27H2,1-8H3,(H,47,53)(H,55,56);9-11,14-15,17-20,27-30,34,36,38-39,41,51H,8,12-13,16,21-26H2,1-7H3,(H,46,53)(H,55,56)/t30?,31-,35+,37?,39?,40+,42+;29?,30-,34+,36?,38?,39+,41+/m00/s1. The third-order valence-corrected chi connectivity index (χ3v) is 25.0. The molecular formula is C91H126N8O16S2. The fourth-order valence-electron chi connectivity index (χ4n) is 15.8. The number of hydrogen-bond acceptors (Lipinski definition) is 20. The summed E-state index contributed by atoms with van der Waals surface area (Å²) in [6.45, 7) is 24.4. The van der Waals surface area contributed by atoms with E-state index in [9.17, 15) is 53.7 Å². The van der Waals surface area contributed by atoms with Gasteiger partial charge in [-0.15, -0.1) is 22.7 Å². The molecule has 638 valence electrons. The minimum Gasteiger partial charge on any atom is -0.508 e. The summed E-state index contributed by atoms with van der Waals surface area (Å²) in [5.74, 6) is -6.04. The Morgan fingerprint density at radius 2 is 0.880 bits per heavy atom. The van der Waals surface area contributed by atoms with Crippen molar-refractivity contribution < 1.29 is 77.5 Å². The van der Waals surface area contributed by atoms with Crippen LogP contribution in [0, 0.1) is 47.3 Å². The number of esters is 2. The molecule has 2 aliphatic heterocycles. The molecular weight excluding hydrogens is 1530 g/mol. The number of amides is 4. The maximum absolute atomic E-state index is 15.1. The van der Waals surface area contributed by atoms with Crippen molar-refractivity contribution in [2.45, 2.75) is 247 Å². The molecule has 0 saturated carbocycles. The number of thiazole rings is 2. The molecule has 117 heavy (non-hydrogen) atoms. The summed E-state index contributed by atoms with van der Waals surface area (Å²) >= 11 is 2.36. The van der Waals surface area contributed by atoms with Gasteiger partial charge in [0, 0.05) is 99.4 Å². The maximum atomic E-state index is 15.1. The minimum atomic E-state index is -0.983. The number of aromatic hydroxyl groups is 1. The van der Waals surface area contributed by atoms with Crippen LogP contribution in [0.3, 0.4) is 0 Å². The van der Waals surface area contributed by atoms with E-state index in [1.54, 1.807) is 43.9 Å². The Labute approximate surface area is 699 Å². The monoisotopic (exact) mass is 1650 g/mol. The number of hydrogen-bond donors (Lipinski definition) is 5. The van der Waals surface area contributed by atoms with Crippen LogP contribution in [0.2, 0.25) is 0 Å². The van der Waals surface area contributed by atoms with Crippen molar-refractivity contribution in [3.8, 4) is 11.5 Å². The number of piperidine rings is 2. The fraction of sp³-hybridized carbons (Fsp3) is 0.560. The summed E-state index contributed by atoms with van der Waals surface area (Å²) in [6, 6.07) is 31.0. The molecule has 6 unspecified atom stereocenters. The predicted octanol–water partition coefficient (Wildman–Crippen LogP) is 15.2. The minimum absolute atomic E-state index is 0.0530. The Morgan fingerprint density at radius 3 is 1.21 bits per heavy atom. The third-order valence-electron chi connectivity index (χ3n) is 23.2. The first-order valence-corrected chi connectivity index (χ1v) is 43.3. The normalized spacial score (nSPS) is 17.6. The molecule has 4 aromatic carbocycles. The lowest BCUT2D eigenvalue weighted by molar-refractivity contribution is -0.152. The number of likely N-dealkylation sites (tertiary alicyclic amines) is 2. The number of phenols is 1. The van der Waals surface area contributed by atoms with Gasteiger partial charge in [-0.3, -0.25) is 57.7 Å². The van der Waals surface area contributed by atoms with Crippen LogP contribution in [0.25, 0.3) is 0 Å². The van der Waals surface area contributed by atoms with Gasteiger partial charge < -0.3 is 50.0 Å². The number of nitrogens with one attached hydrogen (secondary N) is 2. The average molecular weight is 1650 g/mol. The molecule has 14 atom stereocenters. The van der Waals surface area contributed by atoms with E-state index in [1.807, 2.05) is 164 Å². The zero-order chi connectivity index (χ0) is 85.7. The van der Waals surface area contributed by atoms with E-state index in [4.69, 9.17) is 14.2 Å². The van der Waals surface area contributed by atoms with Crippen molar-refractivity contribution in [1.29, 1.82) is 0 Å². The van der Waals surface area contributed by atoms with Gasteiger partial charge in [0.2, 0.25) is 11.8 Å². The van der Waals surface area contributed by atoms with Crippen molar-refractivity contribution in [1.82, 2.24) is 40.2 Å². The molecule has 0 aliphatic carbocycles. The summed E-state index contributed by atoms with van der Waals surface area (Å²) < 4.78 is 17.1. The second-order valence-electron chi connectivity index (χ2n) is 32.9. The number of benzene rings is 4. The molecule has 26 heteroatoms. The smallest absolute Gasteiger partial charge is 0.306 e. The maximum Gasteiger partial charge on any atom is 0.306 e. The Hall–Kier alpha value is -9.24. The molecule has 4 heterocycles. The highest BCUT2D eigenvalue weighted by Crippen LogP contribution is 2.38. The summed E-state index contributed by atoms with van der Waals surface area (Å²) in [5, 5.41) is 39.0. The number of aromatic nitrogens is 2. The van der Waals surface area contributed by atoms with E-state index in [0.717, 1.165) is 86.7 Å².